The number of pyridine rings is 1. The van der Waals surface area contributed by atoms with Crippen molar-refractivity contribution in [1.82, 2.24) is 20.0 Å². The molecule has 82 valence electrons. The maximum atomic E-state index is 10.8. The standard InChI is InChI=1S/C9H7BrN4O2/c1-5-8(9(15)16)13-14(12-5)7-3-2-6(10)4-11-7/h2-4H,1H3,(H,15,16). The van der Waals surface area contributed by atoms with Crippen LogP contribution in [0.1, 0.15) is 16.2 Å². The molecular weight excluding hydrogens is 276 g/mol. The number of carboxylic acids is 1. The average molecular weight is 283 g/mol. The Labute approximate surface area is 99.1 Å². The van der Waals surface area contributed by atoms with Crippen LogP contribution in [0.3, 0.4) is 0 Å². The van der Waals surface area contributed by atoms with Crippen molar-refractivity contribution in [2.45, 2.75) is 6.92 Å². The van der Waals surface area contributed by atoms with Crippen LogP contribution in [0.15, 0.2) is 22.8 Å². The van der Waals surface area contributed by atoms with Gasteiger partial charge in [-0.25, -0.2) is 9.78 Å². The minimum atomic E-state index is -1.10. The zero-order chi connectivity index (χ0) is 11.7. The number of halogens is 1. The van der Waals surface area contributed by atoms with E-state index in [-0.39, 0.29) is 5.69 Å². The van der Waals surface area contributed by atoms with E-state index in [4.69, 9.17) is 5.11 Å². The summed E-state index contributed by atoms with van der Waals surface area (Å²) in [6.45, 7) is 1.59. The number of aromatic carboxylic acids is 1. The van der Waals surface area contributed by atoms with Gasteiger partial charge in [0, 0.05) is 10.7 Å². The molecule has 0 atom stereocenters. The number of hydrogen-bond acceptors (Lipinski definition) is 4. The fourth-order valence-electron chi connectivity index (χ4n) is 1.17. The van der Waals surface area contributed by atoms with E-state index in [0.717, 1.165) is 4.47 Å². The molecule has 7 heteroatoms. The van der Waals surface area contributed by atoms with Crippen LogP contribution in [-0.2, 0) is 0 Å². The van der Waals surface area contributed by atoms with Gasteiger partial charge in [-0.1, -0.05) is 0 Å². The van der Waals surface area contributed by atoms with Gasteiger partial charge >= 0.3 is 5.97 Å². The molecule has 0 aliphatic rings. The lowest BCUT2D eigenvalue weighted by atomic mass is 10.4. The molecule has 2 aromatic rings. The fourth-order valence-corrected chi connectivity index (χ4v) is 1.40. The minimum Gasteiger partial charge on any atom is -0.476 e. The van der Waals surface area contributed by atoms with Crippen molar-refractivity contribution in [2.75, 3.05) is 0 Å². The summed E-state index contributed by atoms with van der Waals surface area (Å²) in [4.78, 5) is 16.0. The van der Waals surface area contributed by atoms with Crippen LogP contribution in [0.5, 0.6) is 0 Å². The lowest BCUT2D eigenvalue weighted by Crippen LogP contribution is -2.03. The number of aryl methyl sites for hydroxylation is 1. The molecule has 2 heterocycles. The molecule has 1 N–H and O–H groups in total. The molecule has 0 fully saturated rings. The van der Waals surface area contributed by atoms with E-state index in [1.165, 1.54) is 4.80 Å². The molecule has 2 aromatic heterocycles. The van der Waals surface area contributed by atoms with Crippen LogP contribution in [0.2, 0.25) is 0 Å². The molecule has 16 heavy (non-hydrogen) atoms. The number of carboxylic acid groups (broad SMARTS) is 1. The van der Waals surface area contributed by atoms with Gasteiger partial charge in [-0.05, 0) is 35.0 Å². The predicted octanol–water partition coefficient (Wildman–Crippen LogP) is 1.43. The zero-order valence-corrected chi connectivity index (χ0v) is 9.84. The highest BCUT2D eigenvalue weighted by molar-refractivity contribution is 9.10. The molecule has 0 unspecified atom stereocenters. The second kappa shape index (κ2) is 4.01. The van der Waals surface area contributed by atoms with Crippen LogP contribution in [0, 0.1) is 6.92 Å². The molecule has 0 saturated heterocycles. The van der Waals surface area contributed by atoms with Gasteiger partial charge in [0.05, 0.1) is 5.69 Å². The Morgan fingerprint density at radius 2 is 2.19 bits per heavy atom. The summed E-state index contributed by atoms with van der Waals surface area (Å²) in [5, 5.41) is 16.6. The summed E-state index contributed by atoms with van der Waals surface area (Å²) in [6, 6.07) is 3.47. The Kier molecular flexibility index (Phi) is 2.69. The molecule has 0 radical (unpaired) electrons. The smallest absolute Gasteiger partial charge is 0.358 e. The lowest BCUT2D eigenvalue weighted by Gasteiger charge is -1.96. The van der Waals surface area contributed by atoms with E-state index in [1.807, 2.05) is 0 Å². The van der Waals surface area contributed by atoms with Crippen molar-refractivity contribution in [3.8, 4) is 5.82 Å². The molecule has 2 rings (SSSR count). The van der Waals surface area contributed by atoms with Gasteiger partial charge in [-0.3, -0.25) is 0 Å². The number of rotatable bonds is 2. The Hall–Kier alpha value is -1.76. The van der Waals surface area contributed by atoms with Crippen molar-refractivity contribution in [1.29, 1.82) is 0 Å². The quantitative estimate of drug-likeness (QED) is 0.901. The maximum Gasteiger partial charge on any atom is 0.358 e. The fraction of sp³-hybridized carbons (Fsp3) is 0.111. The second-order valence-electron chi connectivity index (χ2n) is 3.06. The first-order valence-corrected chi connectivity index (χ1v) is 5.16. The topological polar surface area (TPSA) is 80.9 Å². The molecule has 0 amide bonds. The molecule has 6 nitrogen and oxygen atoms in total. The van der Waals surface area contributed by atoms with Gasteiger partial charge in [0.2, 0.25) is 0 Å². The van der Waals surface area contributed by atoms with E-state index >= 15 is 0 Å². The third-order valence-electron chi connectivity index (χ3n) is 1.90. The maximum absolute atomic E-state index is 10.8. The zero-order valence-electron chi connectivity index (χ0n) is 8.25. The van der Waals surface area contributed by atoms with Crippen LogP contribution in [0.4, 0.5) is 0 Å². The summed E-state index contributed by atoms with van der Waals surface area (Å²) in [6.07, 6.45) is 1.59. The van der Waals surface area contributed by atoms with E-state index in [9.17, 15) is 4.79 Å². The molecular formula is C9H7BrN4O2. The van der Waals surface area contributed by atoms with Crippen LogP contribution in [-0.4, -0.2) is 31.1 Å². The van der Waals surface area contributed by atoms with Crippen molar-refractivity contribution >= 4 is 21.9 Å². The summed E-state index contributed by atoms with van der Waals surface area (Å²) < 4.78 is 0.832. The molecule has 0 bridgehead atoms. The number of hydrogen-bond donors (Lipinski definition) is 1. The summed E-state index contributed by atoms with van der Waals surface area (Å²) in [5.41, 5.74) is 0.293. The minimum absolute atomic E-state index is 0.0651. The first kappa shape index (κ1) is 10.7. The molecule has 0 aromatic carbocycles. The number of carbonyl (C=O) groups is 1. The highest BCUT2D eigenvalue weighted by Gasteiger charge is 2.15. The van der Waals surface area contributed by atoms with Crippen molar-refractivity contribution in [3.63, 3.8) is 0 Å². The third kappa shape index (κ3) is 1.94. The van der Waals surface area contributed by atoms with Crippen LogP contribution in [0.25, 0.3) is 5.82 Å². The van der Waals surface area contributed by atoms with Gasteiger partial charge < -0.3 is 5.11 Å². The van der Waals surface area contributed by atoms with Gasteiger partial charge in [-0.2, -0.15) is 5.10 Å². The molecule has 0 saturated carbocycles. The Bertz CT molecular complexity index is 535. The monoisotopic (exact) mass is 282 g/mol. The molecule has 0 spiro atoms. The number of aromatic nitrogens is 4. The Morgan fingerprint density at radius 1 is 1.44 bits per heavy atom. The van der Waals surface area contributed by atoms with Crippen molar-refractivity contribution in [2.24, 2.45) is 0 Å². The number of nitrogens with zero attached hydrogens (tertiary/aromatic N) is 4. The van der Waals surface area contributed by atoms with Crippen LogP contribution < -0.4 is 0 Å². The van der Waals surface area contributed by atoms with Gasteiger partial charge in [0.15, 0.2) is 11.5 Å². The summed E-state index contributed by atoms with van der Waals surface area (Å²) in [7, 11) is 0. The van der Waals surface area contributed by atoms with Crippen molar-refractivity contribution < 1.29 is 9.90 Å². The van der Waals surface area contributed by atoms with Gasteiger partial charge in [0.1, 0.15) is 0 Å². The van der Waals surface area contributed by atoms with E-state index in [2.05, 4.69) is 31.1 Å². The van der Waals surface area contributed by atoms with Gasteiger partial charge in [-0.15, -0.1) is 9.90 Å². The highest BCUT2D eigenvalue weighted by atomic mass is 79.9. The van der Waals surface area contributed by atoms with Crippen LogP contribution >= 0.6 is 15.9 Å². The third-order valence-corrected chi connectivity index (χ3v) is 2.37. The first-order chi connectivity index (χ1) is 7.58. The van der Waals surface area contributed by atoms with Gasteiger partial charge in [0.25, 0.3) is 0 Å². The van der Waals surface area contributed by atoms with E-state index in [0.29, 0.717) is 11.5 Å². The van der Waals surface area contributed by atoms with E-state index < -0.39 is 5.97 Å². The predicted molar refractivity (Wildman–Crippen MR) is 58.6 cm³/mol. The summed E-state index contributed by atoms with van der Waals surface area (Å²) >= 11 is 3.25. The van der Waals surface area contributed by atoms with Crippen molar-refractivity contribution in [3.05, 3.63) is 34.2 Å². The molecule has 0 aliphatic heterocycles. The van der Waals surface area contributed by atoms with E-state index in [1.54, 1.807) is 25.3 Å². The second-order valence-corrected chi connectivity index (χ2v) is 3.98. The average Bonchev–Trinajstić information content (AvgIpc) is 2.61. The SMILES string of the molecule is Cc1nn(-c2ccc(Br)cn2)nc1C(=O)O. The largest absolute Gasteiger partial charge is 0.476 e. The highest BCUT2D eigenvalue weighted by Crippen LogP contribution is 2.10. The Morgan fingerprint density at radius 3 is 2.69 bits per heavy atom. The molecule has 0 aliphatic carbocycles. The normalized spacial score (nSPS) is 10.4. The lowest BCUT2D eigenvalue weighted by molar-refractivity contribution is 0.0689. The Balaban J connectivity index is 2.45. The first-order valence-electron chi connectivity index (χ1n) is 4.37. The summed E-state index contributed by atoms with van der Waals surface area (Å²) in [5.74, 6) is -0.625.